The first-order chi connectivity index (χ1) is 8.31. The molecule has 0 N–H and O–H groups in total. The van der Waals surface area contributed by atoms with Gasteiger partial charge in [0.05, 0.1) is 12.1 Å². The Hall–Kier alpha value is -1.72. The number of aromatic nitrogens is 1. The standard InChI is InChI=1S/C15H10BrN/c1-2-9-17-14-6-4-3-5-12(14)13-10-11(16)7-8-15(13)17/h1,3-8,10H,9H2. The van der Waals surface area contributed by atoms with E-state index in [1.165, 1.54) is 21.8 Å². The van der Waals surface area contributed by atoms with Crippen molar-refractivity contribution in [3.63, 3.8) is 0 Å². The van der Waals surface area contributed by atoms with Crippen molar-refractivity contribution in [3.8, 4) is 12.3 Å². The highest BCUT2D eigenvalue weighted by atomic mass is 79.9. The molecule has 0 amide bonds. The van der Waals surface area contributed by atoms with Gasteiger partial charge in [-0.2, -0.15) is 0 Å². The summed E-state index contributed by atoms with van der Waals surface area (Å²) < 4.78 is 3.27. The Balaban J connectivity index is 2.53. The Kier molecular flexibility index (Phi) is 2.42. The maximum Gasteiger partial charge on any atom is 0.0841 e. The predicted octanol–water partition coefficient (Wildman–Crippen LogP) is 4.19. The van der Waals surface area contributed by atoms with Crippen LogP contribution in [-0.2, 0) is 6.54 Å². The van der Waals surface area contributed by atoms with Gasteiger partial charge in [0.15, 0.2) is 0 Å². The summed E-state index contributed by atoms with van der Waals surface area (Å²) in [5, 5.41) is 2.49. The summed E-state index contributed by atoms with van der Waals surface area (Å²) in [4.78, 5) is 0. The van der Waals surface area contributed by atoms with Crippen molar-refractivity contribution < 1.29 is 0 Å². The zero-order valence-corrected chi connectivity index (χ0v) is 10.7. The molecule has 0 aliphatic heterocycles. The van der Waals surface area contributed by atoms with Gasteiger partial charge in [-0.15, -0.1) is 6.42 Å². The number of hydrogen-bond donors (Lipinski definition) is 0. The molecule has 82 valence electrons. The van der Waals surface area contributed by atoms with Crippen molar-refractivity contribution in [2.75, 3.05) is 0 Å². The van der Waals surface area contributed by atoms with Gasteiger partial charge >= 0.3 is 0 Å². The Morgan fingerprint density at radius 2 is 1.82 bits per heavy atom. The summed E-state index contributed by atoms with van der Waals surface area (Å²) in [6.45, 7) is 0.603. The number of rotatable bonds is 1. The van der Waals surface area contributed by atoms with Crippen LogP contribution >= 0.6 is 15.9 Å². The minimum atomic E-state index is 0.603. The van der Waals surface area contributed by atoms with Gasteiger partial charge in [-0.1, -0.05) is 40.0 Å². The summed E-state index contributed by atoms with van der Waals surface area (Å²) in [7, 11) is 0. The van der Waals surface area contributed by atoms with E-state index in [0.29, 0.717) is 6.54 Å². The lowest BCUT2D eigenvalue weighted by Crippen LogP contribution is -1.93. The van der Waals surface area contributed by atoms with E-state index in [2.05, 4.69) is 56.7 Å². The van der Waals surface area contributed by atoms with Crippen LogP contribution in [0.25, 0.3) is 21.8 Å². The van der Waals surface area contributed by atoms with Crippen molar-refractivity contribution in [1.82, 2.24) is 4.57 Å². The van der Waals surface area contributed by atoms with Gasteiger partial charge in [0.25, 0.3) is 0 Å². The van der Waals surface area contributed by atoms with Gasteiger partial charge in [0.2, 0.25) is 0 Å². The number of benzene rings is 2. The van der Waals surface area contributed by atoms with E-state index in [9.17, 15) is 0 Å². The molecule has 1 nitrogen and oxygen atoms in total. The largest absolute Gasteiger partial charge is 0.329 e. The van der Waals surface area contributed by atoms with E-state index in [0.717, 1.165) is 4.47 Å². The van der Waals surface area contributed by atoms with Crippen molar-refractivity contribution in [3.05, 3.63) is 46.9 Å². The zero-order valence-electron chi connectivity index (χ0n) is 9.15. The van der Waals surface area contributed by atoms with Gasteiger partial charge in [-0.3, -0.25) is 0 Å². The number of halogens is 1. The molecule has 0 spiro atoms. The molecule has 2 heteroatoms. The van der Waals surface area contributed by atoms with Gasteiger partial charge in [-0.05, 0) is 24.3 Å². The van der Waals surface area contributed by atoms with E-state index in [1.54, 1.807) is 0 Å². The van der Waals surface area contributed by atoms with Crippen molar-refractivity contribution >= 4 is 37.7 Å². The van der Waals surface area contributed by atoms with E-state index in [4.69, 9.17) is 6.42 Å². The van der Waals surface area contributed by atoms with E-state index in [1.807, 2.05) is 12.1 Å². The predicted molar refractivity (Wildman–Crippen MR) is 76.0 cm³/mol. The quantitative estimate of drug-likeness (QED) is 0.590. The molecule has 0 saturated heterocycles. The molecule has 0 radical (unpaired) electrons. The summed E-state index contributed by atoms with van der Waals surface area (Å²) in [6, 6.07) is 14.7. The molecular formula is C15H10BrN. The summed E-state index contributed by atoms with van der Waals surface area (Å²) in [6.07, 6.45) is 5.45. The minimum Gasteiger partial charge on any atom is -0.329 e. The second-order valence-corrected chi connectivity index (χ2v) is 4.88. The molecule has 0 atom stereocenters. The Bertz CT molecular complexity index is 747. The van der Waals surface area contributed by atoms with Crippen LogP contribution in [-0.4, -0.2) is 4.57 Å². The fourth-order valence-electron chi connectivity index (χ4n) is 2.29. The summed E-state index contributed by atoms with van der Waals surface area (Å²) in [5.74, 6) is 2.72. The van der Waals surface area contributed by atoms with E-state index >= 15 is 0 Å². The Morgan fingerprint density at radius 3 is 2.65 bits per heavy atom. The number of terminal acetylenes is 1. The number of fused-ring (bicyclic) bond motifs is 3. The fourth-order valence-corrected chi connectivity index (χ4v) is 2.65. The second-order valence-electron chi connectivity index (χ2n) is 3.97. The molecule has 0 fully saturated rings. The van der Waals surface area contributed by atoms with Crippen LogP contribution in [0.3, 0.4) is 0 Å². The molecule has 0 unspecified atom stereocenters. The molecule has 3 rings (SSSR count). The normalized spacial score (nSPS) is 10.8. The molecule has 0 bridgehead atoms. The first kappa shape index (κ1) is 10.4. The monoisotopic (exact) mass is 283 g/mol. The molecular weight excluding hydrogens is 274 g/mol. The number of hydrogen-bond acceptors (Lipinski definition) is 0. The first-order valence-corrected chi connectivity index (χ1v) is 6.20. The third kappa shape index (κ3) is 1.55. The molecule has 1 heterocycles. The fraction of sp³-hybridized carbons (Fsp3) is 0.0667. The smallest absolute Gasteiger partial charge is 0.0841 e. The highest BCUT2D eigenvalue weighted by Gasteiger charge is 2.09. The molecule has 0 aliphatic carbocycles. The summed E-state index contributed by atoms with van der Waals surface area (Å²) >= 11 is 3.52. The van der Waals surface area contributed by atoms with Crippen LogP contribution < -0.4 is 0 Å². The SMILES string of the molecule is C#CCn1c2ccccc2c2cc(Br)ccc21. The number of para-hydroxylation sites is 1. The first-order valence-electron chi connectivity index (χ1n) is 5.41. The highest BCUT2D eigenvalue weighted by molar-refractivity contribution is 9.10. The molecule has 0 aliphatic rings. The van der Waals surface area contributed by atoms with E-state index < -0.39 is 0 Å². The third-order valence-corrected chi connectivity index (χ3v) is 3.48. The molecule has 3 aromatic rings. The lowest BCUT2D eigenvalue weighted by Gasteiger charge is -2.01. The van der Waals surface area contributed by atoms with Crippen LogP contribution in [0.4, 0.5) is 0 Å². The maximum absolute atomic E-state index is 5.45. The lowest BCUT2D eigenvalue weighted by atomic mass is 10.2. The van der Waals surface area contributed by atoms with Crippen LogP contribution in [0.5, 0.6) is 0 Å². The van der Waals surface area contributed by atoms with Crippen molar-refractivity contribution in [1.29, 1.82) is 0 Å². The van der Waals surface area contributed by atoms with Crippen LogP contribution in [0.2, 0.25) is 0 Å². The summed E-state index contributed by atoms with van der Waals surface area (Å²) in [5.41, 5.74) is 2.38. The van der Waals surface area contributed by atoms with Crippen LogP contribution in [0, 0.1) is 12.3 Å². The highest BCUT2D eigenvalue weighted by Crippen LogP contribution is 2.30. The van der Waals surface area contributed by atoms with Crippen molar-refractivity contribution in [2.45, 2.75) is 6.54 Å². The molecule has 1 aromatic heterocycles. The van der Waals surface area contributed by atoms with Gasteiger partial charge in [-0.25, -0.2) is 0 Å². The number of nitrogens with zero attached hydrogens (tertiary/aromatic N) is 1. The maximum atomic E-state index is 5.45. The molecule has 2 aromatic carbocycles. The van der Waals surface area contributed by atoms with E-state index in [-0.39, 0.29) is 0 Å². The molecule has 17 heavy (non-hydrogen) atoms. The van der Waals surface area contributed by atoms with Crippen LogP contribution in [0.15, 0.2) is 46.9 Å². The van der Waals surface area contributed by atoms with Crippen LogP contribution in [0.1, 0.15) is 0 Å². The zero-order chi connectivity index (χ0) is 11.8. The second kappa shape index (κ2) is 3.94. The van der Waals surface area contributed by atoms with Gasteiger partial charge < -0.3 is 4.57 Å². The minimum absolute atomic E-state index is 0.603. The lowest BCUT2D eigenvalue weighted by molar-refractivity contribution is 0.924. The third-order valence-electron chi connectivity index (χ3n) is 2.98. The Labute approximate surface area is 108 Å². The average Bonchev–Trinajstić information content (AvgIpc) is 2.65. The average molecular weight is 284 g/mol. The van der Waals surface area contributed by atoms with Gasteiger partial charge in [0.1, 0.15) is 0 Å². The topological polar surface area (TPSA) is 4.93 Å². The Morgan fingerprint density at radius 1 is 1.06 bits per heavy atom. The van der Waals surface area contributed by atoms with Crippen molar-refractivity contribution in [2.24, 2.45) is 0 Å². The molecule has 0 saturated carbocycles. The van der Waals surface area contributed by atoms with Gasteiger partial charge in [0, 0.05) is 20.8 Å².